The van der Waals surface area contributed by atoms with Crippen LogP contribution in [0.4, 0.5) is 14.6 Å². The molecule has 0 N–H and O–H groups in total. The van der Waals surface area contributed by atoms with Gasteiger partial charge in [0.1, 0.15) is 5.82 Å². The minimum absolute atomic E-state index is 0.504. The van der Waals surface area contributed by atoms with Crippen LogP contribution in [0, 0.1) is 18.6 Å². The second-order valence-electron chi connectivity index (χ2n) is 3.69. The van der Waals surface area contributed by atoms with Gasteiger partial charge in [-0.1, -0.05) is 0 Å². The number of rotatable bonds is 2. The van der Waals surface area contributed by atoms with E-state index in [1.54, 1.807) is 18.5 Å². The molecule has 1 aromatic carbocycles. The largest absolute Gasteiger partial charge is 0.312 e. The molecule has 0 spiro atoms. The highest BCUT2D eigenvalue weighted by Crippen LogP contribution is 2.26. The molecule has 0 saturated heterocycles. The monoisotopic (exact) mass is 235 g/mol. The van der Waals surface area contributed by atoms with Crippen LogP contribution in [-0.4, -0.2) is 16.3 Å². The Labute approximate surface area is 97.4 Å². The van der Waals surface area contributed by atoms with Gasteiger partial charge in [0.25, 0.3) is 0 Å². The molecule has 88 valence electrons. The summed E-state index contributed by atoms with van der Waals surface area (Å²) in [5.74, 6) is -0.619. The van der Waals surface area contributed by atoms with E-state index in [1.807, 2.05) is 0 Å². The summed E-state index contributed by atoms with van der Waals surface area (Å²) in [5, 5.41) is 0. The maximum atomic E-state index is 13.1. The highest BCUT2D eigenvalue weighted by atomic mass is 19.2. The standard InChI is InChI=1S/C12H11F2N3/c1-7-11(15-2)17(3)12(16-7)8-4-5-9(13)10(14)6-8/h4-6H,2H2,1,3H3. The van der Waals surface area contributed by atoms with Crippen molar-refractivity contribution in [1.82, 2.24) is 9.55 Å². The third-order valence-corrected chi connectivity index (χ3v) is 2.56. The molecule has 0 aliphatic carbocycles. The number of benzene rings is 1. The summed E-state index contributed by atoms with van der Waals surface area (Å²) < 4.78 is 27.7. The predicted octanol–water partition coefficient (Wildman–Crippen LogP) is 3.01. The van der Waals surface area contributed by atoms with Gasteiger partial charge in [-0.3, -0.25) is 0 Å². The molecule has 0 saturated carbocycles. The minimum Gasteiger partial charge on any atom is -0.312 e. The molecule has 0 aliphatic rings. The fourth-order valence-electron chi connectivity index (χ4n) is 1.74. The van der Waals surface area contributed by atoms with Gasteiger partial charge in [0.05, 0.1) is 5.69 Å². The van der Waals surface area contributed by atoms with Crippen LogP contribution in [-0.2, 0) is 7.05 Å². The molecule has 0 amide bonds. The number of aliphatic imine (C=N–C) groups is 1. The van der Waals surface area contributed by atoms with E-state index in [4.69, 9.17) is 0 Å². The Bertz CT molecular complexity index is 588. The van der Waals surface area contributed by atoms with E-state index in [-0.39, 0.29) is 0 Å². The lowest BCUT2D eigenvalue weighted by Crippen LogP contribution is -1.94. The maximum absolute atomic E-state index is 13.1. The van der Waals surface area contributed by atoms with E-state index < -0.39 is 11.6 Å². The van der Waals surface area contributed by atoms with Crippen LogP contribution >= 0.6 is 0 Å². The fourth-order valence-corrected chi connectivity index (χ4v) is 1.74. The Balaban J connectivity index is 2.60. The smallest absolute Gasteiger partial charge is 0.159 e. The molecular weight excluding hydrogens is 224 g/mol. The molecule has 17 heavy (non-hydrogen) atoms. The lowest BCUT2D eigenvalue weighted by atomic mass is 10.2. The van der Waals surface area contributed by atoms with Crippen LogP contribution in [0.15, 0.2) is 23.2 Å². The molecule has 0 aliphatic heterocycles. The number of aryl methyl sites for hydroxylation is 1. The van der Waals surface area contributed by atoms with Crippen molar-refractivity contribution in [2.75, 3.05) is 0 Å². The van der Waals surface area contributed by atoms with E-state index in [9.17, 15) is 8.78 Å². The maximum Gasteiger partial charge on any atom is 0.159 e. The third-order valence-electron chi connectivity index (χ3n) is 2.56. The first-order valence-electron chi connectivity index (χ1n) is 5.00. The van der Waals surface area contributed by atoms with Gasteiger partial charge in [-0.15, -0.1) is 0 Å². The van der Waals surface area contributed by atoms with Gasteiger partial charge in [0.2, 0.25) is 0 Å². The van der Waals surface area contributed by atoms with Crippen LogP contribution < -0.4 is 0 Å². The number of aromatic nitrogens is 2. The Morgan fingerprint density at radius 1 is 1.29 bits per heavy atom. The summed E-state index contributed by atoms with van der Waals surface area (Å²) in [5.41, 5.74) is 1.20. The second kappa shape index (κ2) is 4.08. The topological polar surface area (TPSA) is 30.2 Å². The van der Waals surface area contributed by atoms with Crippen LogP contribution in [0.3, 0.4) is 0 Å². The number of halogens is 2. The van der Waals surface area contributed by atoms with Crippen molar-refractivity contribution in [3.8, 4) is 11.4 Å². The zero-order chi connectivity index (χ0) is 12.6. The normalized spacial score (nSPS) is 10.6. The highest BCUT2D eigenvalue weighted by Gasteiger charge is 2.13. The van der Waals surface area contributed by atoms with E-state index in [1.165, 1.54) is 6.07 Å². The number of imidazole rings is 1. The Morgan fingerprint density at radius 3 is 2.53 bits per heavy atom. The molecule has 3 nitrogen and oxygen atoms in total. The summed E-state index contributed by atoms with van der Waals surface area (Å²) in [6.45, 7) is 5.23. The molecular formula is C12H11F2N3. The zero-order valence-corrected chi connectivity index (χ0v) is 9.54. The predicted molar refractivity (Wildman–Crippen MR) is 62.5 cm³/mol. The third kappa shape index (κ3) is 1.84. The lowest BCUT2D eigenvalue weighted by Gasteiger charge is -2.03. The minimum atomic E-state index is -0.892. The van der Waals surface area contributed by atoms with Gasteiger partial charge >= 0.3 is 0 Å². The highest BCUT2D eigenvalue weighted by molar-refractivity contribution is 5.61. The van der Waals surface area contributed by atoms with Crippen molar-refractivity contribution in [2.24, 2.45) is 12.0 Å². The van der Waals surface area contributed by atoms with Crippen LogP contribution in [0.1, 0.15) is 5.69 Å². The van der Waals surface area contributed by atoms with Crippen molar-refractivity contribution in [1.29, 1.82) is 0 Å². The van der Waals surface area contributed by atoms with Crippen molar-refractivity contribution in [2.45, 2.75) is 6.92 Å². The molecule has 2 aromatic rings. The first-order chi connectivity index (χ1) is 8.04. The SMILES string of the molecule is C=Nc1c(C)nc(-c2ccc(F)c(F)c2)n1C. The second-order valence-corrected chi connectivity index (χ2v) is 3.69. The van der Waals surface area contributed by atoms with E-state index >= 15 is 0 Å². The fraction of sp³-hybridized carbons (Fsp3) is 0.167. The van der Waals surface area contributed by atoms with Crippen LogP contribution in [0.5, 0.6) is 0 Å². The van der Waals surface area contributed by atoms with Crippen molar-refractivity contribution < 1.29 is 8.78 Å². The Kier molecular flexibility index (Phi) is 2.75. The Morgan fingerprint density at radius 2 is 2.00 bits per heavy atom. The molecule has 0 unspecified atom stereocenters. The molecule has 1 heterocycles. The first-order valence-corrected chi connectivity index (χ1v) is 5.00. The van der Waals surface area contributed by atoms with Gasteiger partial charge in [-0.25, -0.2) is 18.8 Å². The van der Waals surface area contributed by atoms with Gasteiger partial charge in [-0.2, -0.15) is 0 Å². The lowest BCUT2D eigenvalue weighted by molar-refractivity contribution is 0.509. The van der Waals surface area contributed by atoms with Gasteiger partial charge in [-0.05, 0) is 31.8 Å². The summed E-state index contributed by atoms with van der Waals surface area (Å²) >= 11 is 0. The Hall–Kier alpha value is -2.04. The summed E-state index contributed by atoms with van der Waals surface area (Å²) in [7, 11) is 1.75. The van der Waals surface area contributed by atoms with Gasteiger partial charge < -0.3 is 4.57 Å². The van der Waals surface area contributed by atoms with Crippen LogP contribution in [0.2, 0.25) is 0 Å². The van der Waals surface area contributed by atoms with Crippen molar-refractivity contribution in [3.05, 3.63) is 35.5 Å². The van der Waals surface area contributed by atoms with Crippen molar-refractivity contribution >= 4 is 12.5 Å². The quantitative estimate of drug-likeness (QED) is 0.736. The summed E-state index contributed by atoms with van der Waals surface area (Å²) in [4.78, 5) is 8.10. The molecule has 0 radical (unpaired) electrons. The number of hydrogen-bond donors (Lipinski definition) is 0. The van der Waals surface area contributed by atoms with Crippen LogP contribution in [0.25, 0.3) is 11.4 Å². The van der Waals surface area contributed by atoms with Gasteiger partial charge in [0.15, 0.2) is 17.5 Å². The number of nitrogens with zero attached hydrogens (tertiary/aromatic N) is 3. The molecule has 0 atom stereocenters. The van der Waals surface area contributed by atoms with E-state index in [2.05, 4.69) is 16.7 Å². The van der Waals surface area contributed by atoms with E-state index in [0.717, 1.165) is 12.1 Å². The first kappa shape index (κ1) is 11.4. The summed E-state index contributed by atoms with van der Waals surface area (Å²) in [6.07, 6.45) is 0. The molecule has 0 fully saturated rings. The van der Waals surface area contributed by atoms with Gasteiger partial charge in [0, 0.05) is 12.6 Å². The average molecular weight is 235 g/mol. The van der Waals surface area contributed by atoms with Crippen molar-refractivity contribution in [3.63, 3.8) is 0 Å². The number of hydrogen-bond acceptors (Lipinski definition) is 2. The molecule has 2 rings (SSSR count). The van der Waals surface area contributed by atoms with E-state index in [0.29, 0.717) is 22.9 Å². The zero-order valence-electron chi connectivity index (χ0n) is 9.54. The molecule has 0 bridgehead atoms. The molecule has 5 heteroatoms. The molecule has 1 aromatic heterocycles. The summed E-state index contributed by atoms with van der Waals surface area (Å²) in [6, 6.07) is 3.67. The average Bonchev–Trinajstić information content (AvgIpc) is 2.58.